The Morgan fingerprint density at radius 3 is 2.11 bits per heavy atom. The number of aromatic nitrogens is 1. The first-order chi connectivity index (χ1) is 22.7. The quantitative estimate of drug-likeness (QED) is 0.117. The van der Waals surface area contributed by atoms with Gasteiger partial charge in [0.25, 0.3) is 8.32 Å². The maximum absolute atomic E-state index is 8.01. The summed E-state index contributed by atoms with van der Waals surface area (Å²) in [6, 6.07) is 36.6. The standard InChI is InChI=1S/C39H39ClN2O4Si/c1-39(2,3)47(28-14-9-7-10-15-28,29-16-11-8-12-17-29)45-25-24-34-33-22-23-36(41-4)42(33)32-21-20-27(40)26-31(32)37(46-34)30-18-13-19-35(43-5)38(30)44-6/h7-23,26,34,37H,24-25H2,1-3,5-6H3/t34-,37-/m1/s1. The molecule has 240 valence electrons. The van der Waals surface area contributed by atoms with Gasteiger partial charge in [-0.2, -0.15) is 0 Å². The van der Waals surface area contributed by atoms with E-state index in [9.17, 15) is 0 Å². The average Bonchev–Trinajstić information content (AvgIpc) is 3.46. The van der Waals surface area contributed by atoms with Gasteiger partial charge >= 0.3 is 0 Å². The first kappa shape index (κ1) is 32.6. The first-order valence-electron chi connectivity index (χ1n) is 15.7. The van der Waals surface area contributed by atoms with Gasteiger partial charge in [-0.1, -0.05) is 112 Å². The number of benzene rings is 4. The van der Waals surface area contributed by atoms with Crippen LogP contribution in [0.2, 0.25) is 10.1 Å². The Balaban J connectivity index is 1.46. The van der Waals surface area contributed by atoms with Crippen molar-refractivity contribution in [1.29, 1.82) is 0 Å². The lowest BCUT2D eigenvalue weighted by atomic mass is 9.98. The summed E-state index contributed by atoms with van der Waals surface area (Å²) >= 11 is 6.62. The van der Waals surface area contributed by atoms with E-state index in [-0.39, 0.29) is 5.04 Å². The van der Waals surface area contributed by atoms with Crippen LogP contribution in [0, 0.1) is 6.57 Å². The Morgan fingerprint density at radius 1 is 0.830 bits per heavy atom. The van der Waals surface area contributed by atoms with Gasteiger partial charge in [-0.05, 0) is 51.8 Å². The minimum absolute atomic E-state index is 0.166. The molecule has 8 heteroatoms. The minimum atomic E-state index is -2.78. The number of halogens is 1. The number of hydrogen-bond acceptors (Lipinski definition) is 4. The molecule has 0 spiro atoms. The Hall–Kier alpha value is -4.32. The number of para-hydroxylation sites is 1. The van der Waals surface area contributed by atoms with Crippen molar-refractivity contribution in [2.24, 2.45) is 0 Å². The van der Waals surface area contributed by atoms with Crippen LogP contribution >= 0.6 is 11.6 Å². The molecule has 0 N–H and O–H groups in total. The predicted molar refractivity (Wildman–Crippen MR) is 190 cm³/mol. The molecule has 0 fully saturated rings. The van der Waals surface area contributed by atoms with Gasteiger partial charge in [0, 0.05) is 29.2 Å². The maximum Gasteiger partial charge on any atom is 0.261 e. The van der Waals surface area contributed by atoms with Crippen molar-refractivity contribution < 1.29 is 18.6 Å². The van der Waals surface area contributed by atoms with E-state index >= 15 is 0 Å². The van der Waals surface area contributed by atoms with Crippen LogP contribution < -0.4 is 19.8 Å². The zero-order valence-electron chi connectivity index (χ0n) is 27.4. The third kappa shape index (κ3) is 5.88. The normalized spacial score (nSPS) is 16.0. The lowest BCUT2D eigenvalue weighted by Gasteiger charge is -2.43. The Bertz CT molecular complexity index is 1860. The van der Waals surface area contributed by atoms with Gasteiger partial charge < -0.3 is 23.5 Å². The van der Waals surface area contributed by atoms with Crippen LogP contribution in [0.1, 0.15) is 56.2 Å². The van der Waals surface area contributed by atoms with Gasteiger partial charge in [0.2, 0.25) is 5.82 Å². The molecule has 6 nitrogen and oxygen atoms in total. The molecule has 1 aliphatic heterocycles. The molecule has 0 radical (unpaired) electrons. The lowest BCUT2D eigenvalue weighted by molar-refractivity contribution is -0.00607. The summed E-state index contributed by atoms with van der Waals surface area (Å²) in [6.45, 7) is 15.3. The fourth-order valence-corrected chi connectivity index (χ4v) is 11.7. The minimum Gasteiger partial charge on any atom is -0.493 e. The third-order valence-corrected chi connectivity index (χ3v) is 14.3. The molecular formula is C39H39ClN2O4Si. The van der Waals surface area contributed by atoms with Crippen LogP contribution in [-0.4, -0.2) is 33.7 Å². The van der Waals surface area contributed by atoms with Gasteiger partial charge in [0.1, 0.15) is 23.6 Å². The summed E-state index contributed by atoms with van der Waals surface area (Å²) in [6.07, 6.45) is -0.433. The van der Waals surface area contributed by atoms with E-state index in [0.29, 0.717) is 35.4 Å². The maximum atomic E-state index is 8.01. The van der Waals surface area contributed by atoms with Crippen molar-refractivity contribution >= 4 is 36.1 Å². The summed E-state index contributed by atoms with van der Waals surface area (Å²) in [5.74, 6) is 1.70. The van der Waals surface area contributed by atoms with E-state index < -0.39 is 20.5 Å². The number of ether oxygens (including phenoxy) is 3. The van der Waals surface area contributed by atoms with Crippen LogP contribution in [0.3, 0.4) is 0 Å². The average molecular weight is 663 g/mol. The van der Waals surface area contributed by atoms with Crippen molar-refractivity contribution in [3.8, 4) is 17.2 Å². The molecule has 6 rings (SSSR count). The Morgan fingerprint density at radius 2 is 1.51 bits per heavy atom. The molecule has 2 atom stereocenters. The highest BCUT2D eigenvalue weighted by Gasteiger charge is 2.50. The number of hydrogen-bond donors (Lipinski definition) is 0. The molecule has 0 aliphatic carbocycles. The van der Waals surface area contributed by atoms with Crippen molar-refractivity contribution in [2.75, 3.05) is 20.8 Å². The van der Waals surface area contributed by atoms with Crippen LogP contribution in [0.25, 0.3) is 10.5 Å². The second-order valence-electron chi connectivity index (χ2n) is 12.7. The van der Waals surface area contributed by atoms with E-state index in [1.165, 1.54) is 10.4 Å². The zero-order valence-corrected chi connectivity index (χ0v) is 29.1. The van der Waals surface area contributed by atoms with Crippen molar-refractivity contribution in [3.63, 3.8) is 0 Å². The number of rotatable bonds is 9. The molecule has 1 aliphatic rings. The molecule has 0 saturated carbocycles. The molecular weight excluding hydrogens is 624 g/mol. The van der Waals surface area contributed by atoms with E-state index in [1.807, 2.05) is 53.1 Å². The Kier molecular flexibility index (Phi) is 9.31. The third-order valence-electron chi connectivity index (χ3n) is 8.98. The summed E-state index contributed by atoms with van der Waals surface area (Å²) in [5.41, 5.74) is 3.37. The molecule has 5 aromatic rings. The van der Waals surface area contributed by atoms with Crippen molar-refractivity contribution in [1.82, 2.24) is 4.57 Å². The number of nitrogens with zero attached hydrogens (tertiary/aromatic N) is 2. The smallest absolute Gasteiger partial charge is 0.261 e. The summed E-state index contributed by atoms with van der Waals surface area (Å²) < 4.78 is 28.0. The first-order valence-corrected chi connectivity index (χ1v) is 18.0. The largest absolute Gasteiger partial charge is 0.493 e. The summed E-state index contributed by atoms with van der Waals surface area (Å²) in [5, 5.41) is 2.85. The van der Waals surface area contributed by atoms with Gasteiger partial charge in [0.15, 0.2) is 11.5 Å². The van der Waals surface area contributed by atoms with E-state index in [0.717, 1.165) is 22.5 Å². The molecule has 0 amide bonds. The molecule has 1 aromatic heterocycles. The monoisotopic (exact) mass is 662 g/mol. The molecule has 0 saturated heterocycles. The van der Waals surface area contributed by atoms with Gasteiger partial charge in [-0.3, -0.25) is 4.57 Å². The highest BCUT2D eigenvalue weighted by atomic mass is 35.5. The fraction of sp³-hybridized carbons (Fsp3) is 0.256. The van der Waals surface area contributed by atoms with Crippen molar-refractivity contribution in [2.45, 2.75) is 44.4 Å². The summed E-state index contributed by atoms with van der Waals surface area (Å²) in [7, 11) is 0.472. The van der Waals surface area contributed by atoms with Gasteiger partial charge in [-0.15, -0.1) is 0 Å². The van der Waals surface area contributed by atoms with Crippen LogP contribution in [-0.2, 0) is 9.16 Å². The van der Waals surface area contributed by atoms with E-state index in [1.54, 1.807) is 14.2 Å². The van der Waals surface area contributed by atoms with Crippen LogP contribution in [0.5, 0.6) is 11.5 Å². The van der Waals surface area contributed by atoms with Crippen LogP contribution in [0.4, 0.5) is 5.82 Å². The SMILES string of the molecule is [C-]#[N+]c1ccc2n1-c1ccc(Cl)cc1[C@@H](c1cccc(OC)c1OC)O[C@@H]2CCO[Si](c1ccccc1)(c1ccccc1)C(C)(C)C. The zero-order chi connectivity index (χ0) is 33.2. The number of fused-ring (bicyclic) bond motifs is 3. The molecule has 0 unspecified atom stereocenters. The second-order valence-corrected chi connectivity index (χ2v) is 17.4. The highest BCUT2D eigenvalue weighted by molar-refractivity contribution is 6.99. The highest BCUT2D eigenvalue weighted by Crippen LogP contribution is 2.48. The number of methoxy groups -OCH3 is 2. The molecule has 47 heavy (non-hydrogen) atoms. The van der Waals surface area contributed by atoms with Crippen LogP contribution in [0.15, 0.2) is 109 Å². The van der Waals surface area contributed by atoms with E-state index in [2.05, 4.69) is 86.3 Å². The predicted octanol–water partition coefficient (Wildman–Crippen LogP) is 8.83. The fourth-order valence-electron chi connectivity index (χ4n) is 6.94. The summed E-state index contributed by atoms with van der Waals surface area (Å²) in [4.78, 5) is 3.89. The molecule has 4 aromatic carbocycles. The van der Waals surface area contributed by atoms with E-state index in [4.69, 9.17) is 36.8 Å². The van der Waals surface area contributed by atoms with Gasteiger partial charge in [0.05, 0.1) is 14.2 Å². The van der Waals surface area contributed by atoms with Gasteiger partial charge in [-0.25, -0.2) is 0 Å². The van der Waals surface area contributed by atoms with Crippen molar-refractivity contribution in [3.05, 3.63) is 142 Å². The topological polar surface area (TPSA) is 46.2 Å². The molecule has 0 bridgehead atoms. The lowest BCUT2D eigenvalue weighted by Crippen LogP contribution is -2.66. The molecule has 2 heterocycles. The Labute approximate surface area is 283 Å². The second kappa shape index (κ2) is 13.4.